The predicted octanol–water partition coefficient (Wildman–Crippen LogP) is -0.959. The van der Waals surface area contributed by atoms with Crippen molar-refractivity contribution in [3.8, 4) is 0 Å². The van der Waals surface area contributed by atoms with Crippen molar-refractivity contribution in [1.82, 2.24) is 0 Å². The van der Waals surface area contributed by atoms with Crippen LogP contribution < -0.4 is 0 Å². The van der Waals surface area contributed by atoms with Crippen LogP contribution in [-0.4, -0.2) is 57.6 Å². The first-order chi connectivity index (χ1) is 9.97. The lowest BCUT2D eigenvalue weighted by Gasteiger charge is -2.44. The quantitative estimate of drug-likeness (QED) is 0.464. The first kappa shape index (κ1) is 14.4. The van der Waals surface area contributed by atoms with E-state index in [2.05, 4.69) is 0 Å². The summed E-state index contributed by atoms with van der Waals surface area (Å²) in [6, 6.07) is 2.48. The second kappa shape index (κ2) is 5.33. The van der Waals surface area contributed by atoms with Crippen LogP contribution in [0.1, 0.15) is 12.1 Å². The lowest BCUT2D eigenvalue weighted by molar-refractivity contribution is -0.404. The van der Waals surface area contributed by atoms with Gasteiger partial charge in [-0.2, -0.15) is 0 Å². The standard InChI is InChI=1S/C11H13NO9/c13-7-8(14)10(15)20-5-3-18-11(21-9(5)7)4-1-2-6(19-4)12(16)17/h1-2,5,7-11,13-15H,3H2/t5?,7-,8-,9?,10+,11?/m1/s1. The van der Waals surface area contributed by atoms with Gasteiger partial charge >= 0.3 is 5.88 Å². The number of rotatable bonds is 2. The van der Waals surface area contributed by atoms with Crippen molar-refractivity contribution >= 4 is 5.88 Å². The first-order valence-electron chi connectivity index (χ1n) is 6.18. The summed E-state index contributed by atoms with van der Waals surface area (Å²) in [4.78, 5) is 9.86. The Bertz CT molecular complexity index is 530. The highest BCUT2D eigenvalue weighted by Gasteiger charge is 2.48. The summed E-state index contributed by atoms with van der Waals surface area (Å²) in [5, 5.41) is 39.4. The average Bonchev–Trinajstić information content (AvgIpc) is 2.95. The van der Waals surface area contributed by atoms with Crippen LogP contribution in [0.2, 0.25) is 0 Å². The van der Waals surface area contributed by atoms with E-state index >= 15 is 0 Å². The minimum absolute atomic E-state index is 0.0370. The van der Waals surface area contributed by atoms with Crippen molar-refractivity contribution in [2.45, 2.75) is 37.0 Å². The highest BCUT2D eigenvalue weighted by atomic mass is 16.7. The fourth-order valence-electron chi connectivity index (χ4n) is 2.30. The number of hydrogen-bond donors (Lipinski definition) is 3. The number of furan rings is 1. The summed E-state index contributed by atoms with van der Waals surface area (Å²) >= 11 is 0. The highest BCUT2D eigenvalue weighted by molar-refractivity contribution is 5.18. The van der Waals surface area contributed by atoms with Gasteiger partial charge < -0.3 is 33.9 Å². The van der Waals surface area contributed by atoms with Gasteiger partial charge in [0.15, 0.2) is 12.1 Å². The third kappa shape index (κ3) is 2.52. The summed E-state index contributed by atoms with van der Waals surface area (Å²) in [6.07, 6.45) is -7.22. The number of aliphatic hydroxyl groups is 3. The van der Waals surface area contributed by atoms with Crippen LogP contribution in [0.5, 0.6) is 0 Å². The summed E-state index contributed by atoms with van der Waals surface area (Å²) in [5.41, 5.74) is 0. The number of aliphatic hydroxyl groups excluding tert-OH is 3. The molecular weight excluding hydrogens is 290 g/mol. The summed E-state index contributed by atoms with van der Waals surface area (Å²) in [5.74, 6) is -0.400. The molecule has 0 spiro atoms. The number of nitrogens with zero attached hydrogens (tertiary/aromatic N) is 1. The van der Waals surface area contributed by atoms with Crippen LogP contribution in [0, 0.1) is 10.1 Å². The van der Waals surface area contributed by atoms with Crippen LogP contribution in [0.25, 0.3) is 0 Å². The van der Waals surface area contributed by atoms with E-state index in [1.165, 1.54) is 6.07 Å². The Labute approximate surface area is 117 Å². The van der Waals surface area contributed by atoms with Crippen molar-refractivity contribution in [3.63, 3.8) is 0 Å². The van der Waals surface area contributed by atoms with Crippen LogP contribution in [0.15, 0.2) is 16.5 Å². The molecule has 10 heteroatoms. The van der Waals surface area contributed by atoms with Crippen molar-refractivity contribution in [2.75, 3.05) is 6.61 Å². The minimum atomic E-state index is -1.53. The molecule has 2 aliphatic heterocycles. The zero-order valence-corrected chi connectivity index (χ0v) is 10.6. The highest BCUT2D eigenvalue weighted by Crippen LogP contribution is 2.35. The first-order valence-corrected chi connectivity index (χ1v) is 6.18. The predicted molar refractivity (Wildman–Crippen MR) is 61.8 cm³/mol. The van der Waals surface area contributed by atoms with Gasteiger partial charge in [0.05, 0.1) is 12.7 Å². The summed E-state index contributed by atoms with van der Waals surface area (Å²) < 4.78 is 20.7. The molecule has 0 saturated carbocycles. The molecule has 6 atom stereocenters. The van der Waals surface area contributed by atoms with Gasteiger partial charge in [-0.1, -0.05) is 0 Å². The van der Waals surface area contributed by atoms with E-state index in [0.717, 1.165) is 6.07 Å². The van der Waals surface area contributed by atoms with Crippen molar-refractivity contribution < 1.29 is 38.9 Å². The van der Waals surface area contributed by atoms with Gasteiger partial charge in [-0.05, 0) is 6.07 Å². The topological polar surface area (TPSA) is 145 Å². The average molecular weight is 303 g/mol. The molecule has 116 valence electrons. The normalized spacial score (nSPS) is 39.8. The zero-order valence-electron chi connectivity index (χ0n) is 10.6. The summed E-state index contributed by atoms with van der Waals surface area (Å²) in [7, 11) is 0. The third-order valence-electron chi connectivity index (χ3n) is 3.38. The van der Waals surface area contributed by atoms with E-state index in [0.29, 0.717) is 0 Å². The second-order valence-corrected chi connectivity index (χ2v) is 4.75. The lowest BCUT2D eigenvalue weighted by atomic mass is 9.98. The minimum Gasteiger partial charge on any atom is -0.400 e. The molecule has 1 aromatic heterocycles. The molecular formula is C11H13NO9. The molecule has 2 saturated heterocycles. The Morgan fingerprint density at radius 1 is 1.19 bits per heavy atom. The van der Waals surface area contributed by atoms with E-state index in [1.54, 1.807) is 0 Å². The molecule has 2 fully saturated rings. The lowest BCUT2D eigenvalue weighted by Crippen LogP contribution is -2.61. The second-order valence-electron chi connectivity index (χ2n) is 4.75. The molecule has 0 aliphatic carbocycles. The maximum absolute atomic E-state index is 10.6. The molecule has 0 amide bonds. The number of nitro groups is 1. The van der Waals surface area contributed by atoms with E-state index in [9.17, 15) is 25.4 Å². The Kier molecular flexibility index (Phi) is 3.65. The Hall–Kier alpha value is -1.56. The molecule has 3 unspecified atom stereocenters. The van der Waals surface area contributed by atoms with Gasteiger partial charge in [0.2, 0.25) is 6.29 Å². The molecule has 3 heterocycles. The van der Waals surface area contributed by atoms with Crippen LogP contribution in [0.3, 0.4) is 0 Å². The molecule has 3 rings (SSSR count). The van der Waals surface area contributed by atoms with E-state index in [1.807, 2.05) is 0 Å². The van der Waals surface area contributed by atoms with Gasteiger partial charge in [-0.15, -0.1) is 0 Å². The fraction of sp³-hybridized carbons (Fsp3) is 0.636. The van der Waals surface area contributed by atoms with Crippen LogP contribution >= 0.6 is 0 Å². The SMILES string of the molecule is O=[N+]([O-])c1ccc(C2OCC3O[C@H](O)[C@H](O)[C@@H](O)C3O2)o1. The van der Waals surface area contributed by atoms with Gasteiger partial charge in [0, 0.05) is 0 Å². The number of ether oxygens (including phenoxy) is 3. The van der Waals surface area contributed by atoms with E-state index in [-0.39, 0.29) is 12.4 Å². The van der Waals surface area contributed by atoms with Crippen molar-refractivity contribution in [1.29, 1.82) is 0 Å². The van der Waals surface area contributed by atoms with E-state index < -0.39 is 47.8 Å². The molecule has 0 aromatic carbocycles. The molecule has 2 aliphatic rings. The van der Waals surface area contributed by atoms with Gasteiger partial charge in [-0.3, -0.25) is 10.1 Å². The van der Waals surface area contributed by atoms with Crippen LogP contribution in [-0.2, 0) is 14.2 Å². The maximum Gasteiger partial charge on any atom is 0.433 e. The monoisotopic (exact) mass is 303 g/mol. The van der Waals surface area contributed by atoms with Gasteiger partial charge in [0.1, 0.15) is 29.3 Å². The Morgan fingerprint density at radius 2 is 1.95 bits per heavy atom. The fourth-order valence-corrected chi connectivity index (χ4v) is 2.30. The molecule has 0 bridgehead atoms. The summed E-state index contributed by atoms with van der Waals surface area (Å²) in [6.45, 7) is -0.0370. The smallest absolute Gasteiger partial charge is 0.400 e. The largest absolute Gasteiger partial charge is 0.433 e. The Morgan fingerprint density at radius 3 is 2.62 bits per heavy atom. The molecule has 10 nitrogen and oxygen atoms in total. The van der Waals surface area contributed by atoms with Crippen LogP contribution in [0.4, 0.5) is 5.88 Å². The number of hydrogen-bond acceptors (Lipinski definition) is 9. The van der Waals surface area contributed by atoms with Gasteiger partial charge in [-0.25, -0.2) is 0 Å². The zero-order chi connectivity index (χ0) is 15.1. The number of fused-ring (bicyclic) bond motifs is 1. The van der Waals surface area contributed by atoms with Crippen molar-refractivity contribution in [3.05, 3.63) is 28.0 Å². The third-order valence-corrected chi connectivity index (χ3v) is 3.38. The molecule has 0 radical (unpaired) electrons. The maximum atomic E-state index is 10.6. The van der Waals surface area contributed by atoms with Gasteiger partial charge in [0.25, 0.3) is 0 Å². The van der Waals surface area contributed by atoms with E-state index in [4.69, 9.17) is 18.6 Å². The molecule has 21 heavy (non-hydrogen) atoms. The molecule has 1 aromatic rings. The Balaban J connectivity index is 1.75. The molecule has 3 N–H and O–H groups in total. The van der Waals surface area contributed by atoms with Crippen molar-refractivity contribution in [2.24, 2.45) is 0 Å².